The molecule has 1 aliphatic carbocycles. The maximum absolute atomic E-state index is 10.6. The highest BCUT2D eigenvalue weighted by molar-refractivity contribution is 5.71. The van der Waals surface area contributed by atoms with Crippen LogP contribution in [0, 0.1) is 12.8 Å². The van der Waals surface area contributed by atoms with E-state index < -0.39 is 5.97 Å². The smallest absolute Gasteiger partial charge is 0.306 e. The molecule has 0 amide bonds. The van der Waals surface area contributed by atoms with Crippen molar-refractivity contribution >= 4 is 5.97 Å². The zero-order valence-corrected chi connectivity index (χ0v) is 8.23. The van der Waals surface area contributed by atoms with Crippen LogP contribution in [0.1, 0.15) is 29.9 Å². The Kier molecular flexibility index (Phi) is 2.28. The topological polar surface area (TPSA) is 37.3 Å². The summed E-state index contributed by atoms with van der Waals surface area (Å²) in [5, 5.41) is 8.74. The predicted octanol–water partition coefficient (Wildman–Crippen LogP) is 2.57. The Morgan fingerprint density at radius 2 is 1.86 bits per heavy atom. The molecular weight excluding hydrogens is 176 g/mol. The maximum Gasteiger partial charge on any atom is 0.306 e. The average Bonchev–Trinajstić information content (AvgIpc) is 2.05. The van der Waals surface area contributed by atoms with Gasteiger partial charge in [-0.25, -0.2) is 0 Å². The molecule has 0 aliphatic heterocycles. The van der Waals surface area contributed by atoms with E-state index >= 15 is 0 Å². The quantitative estimate of drug-likeness (QED) is 0.778. The molecule has 74 valence electrons. The van der Waals surface area contributed by atoms with Crippen LogP contribution in [0.3, 0.4) is 0 Å². The normalized spacial score (nSPS) is 25.5. The first kappa shape index (κ1) is 9.25. The second-order valence-electron chi connectivity index (χ2n) is 4.11. The Balaban J connectivity index is 2.00. The highest BCUT2D eigenvalue weighted by atomic mass is 16.4. The molecule has 14 heavy (non-hydrogen) atoms. The van der Waals surface area contributed by atoms with Gasteiger partial charge in [-0.15, -0.1) is 0 Å². The molecule has 0 radical (unpaired) electrons. The third-order valence-electron chi connectivity index (χ3n) is 3.04. The SMILES string of the molecule is Cc1ccc(C2CC(C(=O)O)C2)cc1. The largest absolute Gasteiger partial charge is 0.481 e. The number of aliphatic carboxylic acids is 1. The highest BCUT2D eigenvalue weighted by Crippen LogP contribution is 2.41. The fraction of sp³-hybridized carbons (Fsp3) is 0.417. The van der Waals surface area contributed by atoms with E-state index in [0.29, 0.717) is 5.92 Å². The van der Waals surface area contributed by atoms with Crippen LogP contribution in [0.15, 0.2) is 24.3 Å². The van der Waals surface area contributed by atoms with Gasteiger partial charge >= 0.3 is 5.97 Å². The molecule has 1 N–H and O–H groups in total. The Bertz CT molecular complexity index is 334. The lowest BCUT2D eigenvalue weighted by atomic mass is 9.71. The van der Waals surface area contributed by atoms with E-state index in [-0.39, 0.29) is 5.92 Å². The second-order valence-corrected chi connectivity index (χ2v) is 4.11. The number of benzene rings is 1. The summed E-state index contributed by atoms with van der Waals surface area (Å²) in [5.74, 6) is -0.286. The van der Waals surface area contributed by atoms with Crippen molar-refractivity contribution in [3.05, 3.63) is 35.4 Å². The van der Waals surface area contributed by atoms with Crippen LogP contribution < -0.4 is 0 Å². The zero-order chi connectivity index (χ0) is 10.1. The van der Waals surface area contributed by atoms with E-state index in [2.05, 4.69) is 31.2 Å². The van der Waals surface area contributed by atoms with Crippen LogP contribution in [0.4, 0.5) is 0 Å². The molecule has 0 saturated heterocycles. The standard InChI is InChI=1S/C12H14O2/c1-8-2-4-9(5-3-8)10-6-11(7-10)12(13)14/h2-5,10-11H,6-7H2,1H3,(H,13,14). The zero-order valence-electron chi connectivity index (χ0n) is 8.23. The fourth-order valence-electron chi connectivity index (χ4n) is 1.93. The highest BCUT2D eigenvalue weighted by Gasteiger charge is 2.34. The second kappa shape index (κ2) is 3.45. The van der Waals surface area contributed by atoms with Gasteiger partial charge in [0.1, 0.15) is 0 Å². The van der Waals surface area contributed by atoms with Crippen LogP contribution in [0.2, 0.25) is 0 Å². The maximum atomic E-state index is 10.6. The molecular formula is C12H14O2. The van der Waals surface area contributed by atoms with Crippen LogP contribution in [0.25, 0.3) is 0 Å². The van der Waals surface area contributed by atoms with Gasteiger partial charge in [-0.1, -0.05) is 29.8 Å². The Morgan fingerprint density at radius 3 is 2.36 bits per heavy atom. The van der Waals surface area contributed by atoms with Gasteiger partial charge < -0.3 is 5.11 Å². The fourth-order valence-corrected chi connectivity index (χ4v) is 1.93. The minimum absolute atomic E-state index is 0.110. The number of rotatable bonds is 2. The van der Waals surface area contributed by atoms with Crippen LogP contribution in [-0.4, -0.2) is 11.1 Å². The first-order valence-electron chi connectivity index (χ1n) is 4.96. The lowest BCUT2D eigenvalue weighted by Crippen LogP contribution is -2.28. The summed E-state index contributed by atoms with van der Waals surface area (Å²) < 4.78 is 0. The molecule has 1 aromatic rings. The van der Waals surface area contributed by atoms with Crippen molar-refractivity contribution in [2.24, 2.45) is 5.92 Å². The van der Waals surface area contributed by atoms with Crippen LogP contribution >= 0.6 is 0 Å². The molecule has 2 nitrogen and oxygen atoms in total. The summed E-state index contributed by atoms with van der Waals surface area (Å²) in [5.41, 5.74) is 2.54. The first-order valence-corrected chi connectivity index (χ1v) is 4.96. The summed E-state index contributed by atoms with van der Waals surface area (Å²) in [6.07, 6.45) is 1.61. The lowest BCUT2D eigenvalue weighted by molar-refractivity contribution is -0.145. The Labute approximate surface area is 83.6 Å². The van der Waals surface area contributed by atoms with Gasteiger partial charge in [-0.05, 0) is 31.2 Å². The summed E-state index contributed by atoms with van der Waals surface area (Å²) in [4.78, 5) is 10.6. The average molecular weight is 190 g/mol. The van der Waals surface area contributed by atoms with E-state index in [0.717, 1.165) is 12.8 Å². The summed E-state index contributed by atoms with van der Waals surface area (Å²) in [6.45, 7) is 2.06. The number of hydrogen-bond acceptors (Lipinski definition) is 1. The molecule has 1 aliphatic rings. The third kappa shape index (κ3) is 1.65. The minimum Gasteiger partial charge on any atom is -0.481 e. The summed E-state index contributed by atoms with van der Waals surface area (Å²) in [7, 11) is 0. The van der Waals surface area contributed by atoms with E-state index in [4.69, 9.17) is 5.11 Å². The number of carboxylic acids is 1. The lowest BCUT2D eigenvalue weighted by Gasteiger charge is -2.32. The molecule has 0 aromatic heterocycles. The van der Waals surface area contributed by atoms with Gasteiger partial charge in [0, 0.05) is 0 Å². The Morgan fingerprint density at radius 1 is 1.29 bits per heavy atom. The molecule has 2 rings (SSSR count). The van der Waals surface area contributed by atoms with Crippen molar-refractivity contribution in [2.45, 2.75) is 25.7 Å². The van der Waals surface area contributed by atoms with E-state index in [1.54, 1.807) is 0 Å². The van der Waals surface area contributed by atoms with Crippen LogP contribution in [-0.2, 0) is 4.79 Å². The van der Waals surface area contributed by atoms with Crippen LogP contribution in [0.5, 0.6) is 0 Å². The Hall–Kier alpha value is -1.31. The van der Waals surface area contributed by atoms with Crippen molar-refractivity contribution in [3.8, 4) is 0 Å². The van der Waals surface area contributed by atoms with Crippen molar-refractivity contribution in [2.75, 3.05) is 0 Å². The number of aryl methyl sites for hydroxylation is 1. The van der Waals surface area contributed by atoms with Gasteiger partial charge in [0.25, 0.3) is 0 Å². The monoisotopic (exact) mass is 190 g/mol. The molecule has 1 aromatic carbocycles. The molecule has 0 spiro atoms. The van der Waals surface area contributed by atoms with Crippen molar-refractivity contribution in [1.29, 1.82) is 0 Å². The van der Waals surface area contributed by atoms with Crippen molar-refractivity contribution in [1.82, 2.24) is 0 Å². The van der Waals surface area contributed by atoms with E-state index in [1.165, 1.54) is 11.1 Å². The summed E-state index contributed by atoms with van der Waals surface area (Å²) in [6, 6.07) is 8.39. The van der Waals surface area contributed by atoms with Gasteiger partial charge in [0.15, 0.2) is 0 Å². The third-order valence-corrected chi connectivity index (χ3v) is 3.04. The van der Waals surface area contributed by atoms with Gasteiger partial charge in [-0.3, -0.25) is 4.79 Å². The van der Waals surface area contributed by atoms with Crippen molar-refractivity contribution < 1.29 is 9.90 Å². The van der Waals surface area contributed by atoms with Crippen molar-refractivity contribution in [3.63, 3.8) is 0 Å². The molecule has 1 fully saturated rings. The first-order chi connectivity index (χ1) is 6.66. The minimum atomic E-state index is -0.645. The molecule has 0 bridgehead atoms. The molecule has 2 heteroatoms. The molecule has 0 atom stereocenters. The van der Waals surface area contributed by atoms with Gasteiger partial charge in [0.05, 0.1) is 5.92 Å². The molecule has 1 saturated carbocycles. The van der Waals surface area contributed by atoms with Gasteiger partial charge in [0.2, 0.25) is 0 Å². The number of carbonyl (C=O) groups is 1. The van der Waals surface area contributed by atoms with E-state index in [1.807, 2.05) is 0 Å². The number of hydrogen-bond donors (Lipinski definition) is 1. The summed E-state index contributed by atoms with van der Waals surface area (Å²) >= 11 is 0. The number of carboxylic acid groups (broad SMARTS) is 1. The van der Waals surface area contributed by atoms with E-state index in [9.17, 15) is 4.79 Å². The van der Waals surface area contributed by atoms with Gasteiger partial charge in [-0.2, -0.15) is 0 Å². The molecule has 0 unspecified atom stereocenters. The molecule has 0 heterocycles. The predicted molar refractivity (Wildman–Crippen MR) is 54.3 cm³/mol.